The van der Waals surface area contributed by atoms with Gasteiger partial charge in [-0.3, -0.25) is 0 Å². The summed E-state index contributed by atoms with van der Waals surface area (Å²) >= 11 is 0. The van der Waals surface area contributed by atoms with Crippen molar-refractivity contribution in [2.24, 2.45) is 11.8 Å². The zero-order valence-corrected chi connectivity index (χ0v) is 16.4. The van der Waals surface area contributed by atoms with Crippen LogP contribution in [0.15, 0.2) is 24.3 Å². The van der Waals surface area contributed by atoms with E-state index < -0.39 is 0 Å². The number of urea groups is 1. The topological polar surface area (TPSA) is 45.2 Å². The lowest BCUT2D eigenvalue weighted by Gasteiger charge is -2.32. The Labute approximate surface area is 156 Å². The second-order valence-corrected chi connectivity index (χ2v) is 7.58. The van der Waals surface area contributed by atoms with E-state index in [0.717, 1.165) is 45.0 Å². The van der Waals surface area contributed by atoms with Crippen LogP contribution in [0.4, 0.5) is 4.79 Å². The second kappa shape index (κ2) is 8.27. The van der Waals surface area contributed by atoms with Crippen molar-refractivity contribution in [1.29, 1.82) is 0 Å². The van der Waals surface area contributed by atoms with Crippen LogP contribution in [0.5, 0.6) is 5.75 Å². The second-order valence-electron chi connectivity index (χ2n) is 7.58. The number of carbonyl (C=O) groups is 1. The molecule has 1 aromatic rings. The molecule has 3 atom stereocenters. The van der Waals surface area contributed by atoms with E-state index in [4.69, 9.17) is 9.47 Å². The largest absolute Gasteiger partial charge is 0.497 e. The molecule has 2 aliphatic heterocycles. The van der Waals surface area contributed by atoms with Crippen molar-refractivity contribution in [3.8, 4) is 5.75 Å². The number of hydrogen-bond donors (Lipinski definition) is 0. The molecule has 0 spiro atoms. The van der Waals surface area contributed by atoms with Crippen LogP contribution in [0.25, 0.3) is 0 Å². The van der Waals surface area contributed by atoms with Crippen molar-refractivity contribution < 1.29 is 14.3 Å². The van der Waals surface area contributed by atoms with Crippen LogP contribution in [0, 0.1) is 11.8 Å². The van der Waals surface area contributed by atoms with Crippen molar-refractivity contribution in [1.82, 2.24) is 14.7 Å². The van der Waals surface area contributed by atoms with E-state index in [1.807, 2.05) is 26.2 Å². The Bertz CT molecular complexity index is 605. The van der Waals surface area contributed by atoms with E-state index in [2.05, 4.69) is 21.9 Å². The van der Waals surface area contributed by atoms with Gasteiger partial charge in [0.2, 0.25) is 0 Å². The third kappa shape index (κ3) is 3.81. The Kier molecular flexibility index (Phi) is 6.04. The molecule has 0 saturated carbocycles. The minimum atomic E-state index is 0.103. The number of fused-ring (bicyclic) bond motifs is 1. The fraction of sp³-hybridized carbons (Fsp3) is 0.650. The first kappa shape index (κ1) is 19.0. The smallest absolute Gasteiger partial charge is 0.320 e. The number of ether oxygens (including phenoxy) is 2. The van der Waals surface area contributed by atoms with Gasteiger partial charge < -0.3 is 24.2 Å². The van der Waals surface area contributed by atoms with Crippen LogP contribution in [-0.4, -0.2) is 81.8 Å². The summed E-state index contributed by atoms with van der Waals surface area (Å²) in [7, 11) is 7.09. The number of amides is 2. The first-order chi connectivity index (χ1) is 12.5. The number of likely N-dealkylation sites (tertiary alicyclic amines) is 2. The molecule has 1 aromatic carbocycles. The Morgan fingerprint density at radius 3 is 2.50 bits per heavy atom. The van der Waals surface area contributed by atoms with Crippen LogP contribution < -0.4 is 4.74 Å². The van der Waals surface area contributed by atoms with Crippen molar-refractivity contribution in [2.45, 2.75) is 12.5 Å². The summed E-state index contributed by atoms with van der Waals surface area (Å²) in [6.07, 6.45) is 1.06. The summed E-state index contributed by atoms with van der Waals surface area (Å²) < 4.78 is 10.5. The predicted molar refractivity (Wildman–Crippen MR) is 101 cm³/mol. The van der Waals surface area contributed by atoms with E-state index in [9.17, 15) is 4.79 Å². The van der Waals surface area contributed by atoms with Gasteiger partial charge in [-0.05, 0) is 30.0 Å². The van der Waals surface area contributed by atoms with Gasteiger partial charge in [0, 0.05) is 59.9 Å². The third-order valence-electron chi connectivity index (χ3n) is 5.65. The van der Waals surface area contributed by atoms with Crippen LogP contribution >= 0.6 is 0 Å². The van der Waals surface area contributed by atoms with Crippen molar-refractivity contribution in [2.75, 3.05) is 61.1 Å². The fourth-order valence-corrected chi connectivity index (χ4v) is 4.43. The maximum atomic E-state index is 12.8. The van der Waals surface area contributed by atoms with Crippen LogP contribution in [0.1, 0.15) is 18.0 Å². The Balaban J connectivity index is 1.79. The quantitative estimate of drug-likeness (QED) is 0.730. The lowest BCUT2D eigenvalue weighted by atomic mass is 9.89. The van der Waals surface area contributed by atoms with Gasteiger partial charge in [0.15, 0.2) is 0 Å². The van der Waals surface area contributed by atoms with Gasteiger partial charge in [0.05, 0.1) is 13.2 Å². The Morgan fingerprint density at radius 1 is 1.15 bits per heavy atom. The predicted octanol–water partition coefficient (Wildman–Crippen LogP) is 2.32. The van der Waals surface area contributed by atoms with Crippen molar-refractivity contribution in [3.63, 3.8) is 0 Å². The first-order valence-corrected chi connectivity index (χ1v) is 9.38. The van der Waals surface area contributed by atoms with E-state index >= 15 is 0 Å². The van der Waals surface area contributed by atoms with E-state index in [1.165, 1.54) is 5.56 Å². The average molecular weight is 361 g/mol. The number of nitrogens with zero attached hydrogens (tertiary/aromatic N) is 3. The van der Waals surface area contributed by atoms with Gasteiger partial charge in [-0.1, -0.05) is 12.1 Å². The molecule has 0 aromatic heterocycles. The molecule has 0 aliphatic carbocycles. The molecule has 0 unspecified atom stereocenters. The highest BCUT2D eigenvalue weighted by atomic mass is 16.5. The number of methoxy groups -OCH3 is 2. The number of rotatable bonds is 6. The molecule has 0 N–H and O–H groups in total. The Hall–Kier alpha value is -1.79. The molecule has 2 fully saturated rings. The molecule has 26 heavy (non-hydrogen) atoms. The first-order valence-electron chi connectivity index (χ1n) is 9.38. The number of hydrogen-bond acceptors (Lipinski definition) is 4. The standard InChI is InChI=1S/C20H31N3O3/c1-21(2)20(24)23-13-16-12-22(10-5-11-25-3)14-18(16)19(23)15-6-8-17(26-4)9-7-15/h6-9,16,18-19H,5,10-14H2,1-4H3/t16-,18-,19+/m1/s1. The SMILES string of the molecule is COCCCN1C[C@@H]2CN(C(=O)N(C)C)[C@@H](c3ccc(OC)cc3)[C@@H]2C1. The maximum Gasteiger partial charge on any atom is 0.320 e. The van der Waals surface area contributed by atoms with Gasteiger partial charge in [0.25, 0.3) is 0 Å². The highest BCUT2D eigenvalue weighted by Gasteiger charge is 2.49. The third-order valence-corrected chi connectivity index (χ3v) is 5.65. The molecule has 2 saturated heterocycles. The summed E-state index contributed by atoms with van der Waals surface area (Å²) in [5.74, 6) is 1.87. The zero-order valence-electron chi connectivity index (χ0n) is 16.4. The van der Waals surface area contributed by atoms with Crippen LogP contribution in [0.2, 0.25) is 0 Å². The normalized spacial score (nSPS) is 25.4. The van der Waals surface area contributed by atoms with Crippen LogP contribution in [0.3, 0.4) is 0 Å². The molecule has 3 rings (SSSR count). The summed E-state index contributed by atoms with van der Waals surface area (Å²) in [5.41, 5.74) is 1.20. The van der Waals surface area contributed by atoms with Crippen molar-refractivity contribution in [3.05, 3.63) is 29.8 Å². The van der Waals surface area contributed by atoms with Crippen molar-refractivity contribution >= 4 is 6.03 Å². The van der Waals surface area contributed by atoms with E-state index in [0.29, 0.717) is 11.8 Å². The average Bonchev–Trinajstić information content (AvgIpc) is 3.18. The highest BCUT2D eigenvalue weighted by molar-refractivity contribution is 5.75. The molecule has 6 nitrogen and oxygen atoms in total. The van der Waals surface area contributed by atoms with E-state index in [-0.39, 0.29) is 12.1 Å². The lowest BCUT2D eigenvalue weighted by molar-refractivity contribution is 0.148. The monoisotopic (exact) mass is 361 g/mol. The van der Waals surface area contributed by atoms with Gasteiger partial charge in [-0.25, -0.2) is 4.79 Å². The summed E-state index contributed by atoms with van der Waals surface area (Å²) in [6, 6.07) is 8.43. The van der Waals surface area contributed by atoms with E-state index in [1.54, 1.807) is 19.1 Å². The molecule has 2 amide bonds. The number of carbonyl (C=O) groups excluding carboxylic acids is 1. The Morgan fingerprint density at radius 2 is 1.88 bits per heavy atom. The molecule has 0 bridgehead atoms. The minimum Gasteiger partial charge on any atom is -0.497 e. The summed E-state index contributed by atoms with van der Waals surface area (Å²) in [4.78, 5) is 19.1. The molecular formula is C20H31N3O3. The van der Waals surface area contributed by atoms with Crippen LogP contribution in [-0.2, 0) is 4.74 Å². The van der Waals surface area contributed by atoms with Gasteiger partial charge in [-0.15, -0.1) is 0 Å². The van der Waals surface area contributed by atoms with Gasteiger partial charge in [0.1, 0.15) is 5.75 Å². The van der Waals surface area contributed by atoms with Gasteiger partial charge >= 0.3 is 6.03 Å². The molecule has 2 aliphatic rings. The summed E-state index contributed by atoms with van der Waals surface area (Å²) in [5, 5.41) is 0. The molecule has 2 heterocycles. The molecule has 0 radical (unpaired) electrons. The molecule has 6 heteroatoms. The maximum absolute atomic E-state index is 12.8. The van der Waals surface area contributed by atoms with Gasteiger partial charge in [-0.2, -0.15) is 0 Å². The lowest BCUT2D eigenvalue weighted by Crippen LogP contribution is -2.41. The molecular weight excluding hydrogens is 330 g/mol. The fourth-order valence-electron chi connectivity index (χ4n) is 4.43. The number of benzene rings is 1. The highest BCUT2D eigenvalue weighted by Crippen LogP contribution is 2.45. The minimum absolute atomic E-state index is 0.103. The zero-order chi connectivity index (χ0) is 18.7. The molecule has 144 valence electrons. The summed E-state index contributed by atoms with van der Waals surface area (Å²) in [6.45, 7) is 4.82.